The van der Waals surface area contributed by atoms with Crippen LogP contribution in [0.3, 0.4) is 0 Å². The highest BCUT2D eigenvalue weighted by Crippen LogP contribution is 2.49. The lowest BCUT2D eigenvalue weighted by Gasteiger charge is -2.12. The van der Waals surface area contributed by atoms with Crippen LogP contribution >= 0.6 is 0 Å². The molecule has 0 N–H and O–H groups in total. The van der Waals surface area contributed by atoms with Gasteiger partial charge >= 0.3 is 0 Å². The van der Waals surface area contributed by atoms with E-state index >= 15 is 0 Å². The first kappa shape index (κ1) is 17.7. The van der Waals surface area contributed by atoms with Crippen molar-refractivity contribution in [2.45, 2.75) is 6.42 Å². The standard InChI is InChI=1S/C20H20O6/c1-22-15-9-7-13(8-10-15)16(21)6-4-5-14-11-17(23-2)19-20(18(14)24-3)26-12-25-19/h4,6-11H,5,12H2,1-3H3. The van der Waals surface area contributed by atoms with E-state index < -0.39 is 0 Å². The predicted molar refractivity (Wildman–Crippen MR) is 95.8 cm³/mol. The summed E-state index contributed by atoms with van der Waals surface area (Å²) < 4.78 is 26.8. The van der Waals surface area contributed by atoms with E-state index in [1.165, 1.54) is 6.08 Å². The second kappa shape index (κ2) is 7.82. The van der Waals surface area contributed by atoms with Gasteiger partial charge in [0.25, 0.3) is 0 Å². The number of carbonyl (C=O) groups excluding carboxylic acids is 1. The number of ketones is 1. The normalized spacial score (nSPS) is 12.3. The largest absolute Gasteiger partial charge is 0.497 e. The highest BCUT2D eigenvalue weighted by molar-refractivity contribution is 6.04. The smallest absolute Gasteiger partial charge is 0.231 e. The van der Waals surface area contributed by atoms with Crippen LogP contribution in [0.25, 0.3) is 0 Å². The van der Waals surface area contributed by atoms with Gasteiger partial charge in [-0.15, -0.1) is 0 Å². The Morgan fingerprint density at radius 3 is 2.42 bits per heavy atom. The summed E-state index contributed by atoms with van der Waals surface area (Å²) in [4.78, 5) is 12.3. The first-order chi connectivity index (χ1) is 12.7. The molecule has 0 bridgehead atoms. The van der Waals surface area contributed by atoms with E-state index in [4.69, 9.17) is 23.7 Å². The average Bonchev–Trinajstić information content (AvgIpc) is 3.16. The van der Waals surface area contributed by atoms with Gasteiger partial charge in [-0.25, -0.2) is 0 Å². The minimum Gasteiger partial charge on any atom is -0.497 e. The number of allylic oxidation sites excluding steroid dienone is 2. The fourth-order valence-electron chi connectivity index (χ4n) is 2.74. The molecule has 6 heteroatoms. The number of carbonyl (C=O) groups is 1. The van der Waals surface area contributed by atoms with Crippen molar-refractivity contribution in [3.63, 3.8) is 0 Å². The lowest BCUT2D eigenvalue weighted by Crippen LogP contribution is -1.97. The number of fused-ring (bicyclic) bond motifs is 1. The van der Waals surface area contributed by atoms with Crippen LogP contribution in [0.1, 0.15) is 15.9 Å². The van der Waals surface area contributed by atoms with Crippen molar-refractivity contribution >= 4 is 5.78 Å². The third kappa shape index (κ3) is 3.44. The first-order valence-electron chi connectivity index (χ1n) is 8.06. The SMILES string of the molecule is COc1ccc(C(=O)C=CCc2cc(OC)c3c(c2OC)OCO3)cc1. The molecule has 0 fully saturated rings. The summed E-state index contributed by atoms with van der Waals surface area (Å²) in [7, 11) is 4.72. The molecule has 0 saturated carbocycles. The van der Waals surface area contributed by atoms with Crippen LogP contribution in [0.5, 0.6) is 28.7 Å². The number of ether oxygens (including phenoxy) is 5. The molecule has 6 nitrogen and oxygen atoms in total. The molecule has 3 rings (SSSR count). The third-order valence-corrected chi connectivity index (χ3v) is 4.05. The van der Waals surface area contributed by atoms with Crippen LogP contribution in [-0.4, -0.2) is 33.9 Å². The lowest BCUT2D eigenvalue weighted by atomic mass is 10.1. The number of hydrogen-bond acceptors (Lipinski definition) is 6. The van der Waals surface area contributed by atoms with Gasteiger partial charge in [-0.05, 0) is 42.8 Å². The maximum absolute atomic E-state index is 12.3. The summed E-state index contributed by atoms with van der Waals surface area (Å²) in [6.45, 7) is 0.122. The zero-order chi connectivity index (χ0) is 18.5. The average molecular weight is 356 g/mol. The van der Waals surface area contributed by atoms with Crippen molar-refractivity contribution < 1.29 is 28.5 Å². The molecular formula is C20H20O6. The van der Waals surface area contributed by atoms with Crippen molar-refractivity contribution in [3.05, 3.63) is 53.6 Å². The molecule has 136 valence electrons. The molecule has 1 aliphatic heterocycles. The lowest BCUT2D eigenvalue weighted by molar-refractivity contribution is 0.104. The zero-order valence-electron chi connectivity index (χ0n) is 14.9. The van der Waals surface area contributed by atoms with Crippen LogP contribution in [0.15, 0.2) is 42.5 Å². The molecule has 2 aromatic carbocycles. The Kier molecular flexibility index (Phi) is 5.31. The van der Waals surface area contributed by atoms with Gasteiger partial charge in [-0.2, -0.15) is 0 Å². The summed E-state index contributed by atoms with van der Waals surface area (Å²) in [6, 6.07) is 8.81. The number of hydrogen-bond donors (Lipinski definition) is 0. The fraction of sp³-hybridized carbons (Fsp3) is 0.250. The maximum atomic E-state index is 12.3. The van der Waals surface area contributed by atoms with Gasteiger partial charge < -0.3 is 23.7 Å². The van der Waals surface area contributed by atoms with Crippen LogP contribution in [-0.2, 0) is 6.42 Å². The van der Waals surface area contributed by atoms with E-state index in [1.807, 2.05) is 6.07 Å². The van der Waals surface area contributed by atoms with Crippen LogP contribution < -0.4 is 23.7 Å². The molecule has 0 aliphatic carbocycles. The van der Waals surface area contributed by atoms with Gasteiger partial charge in [0, 0.05) is 11.1 Å². The molecule has 0 unspecified atom stereocenters. The van der Waals surface area contributed by atoms with Crippen molar-refractivity contribution in [1.29, 1.82) is 0 Å². The molecule has 26 heavy (non-hydrogen) atoms. The molecule has 0 amide bonds. The van der Waals surface area contributed by atoms with E-state index in [9.17, 15) is 4.79 Å². The highest BCUT2D eigenvalue weighted by atomic mass is 16.7. The molecule has 0 aromatic heterocycles. The first-order valence-corrected chi connectivity index (χ1v) is 8.06. The van der Waals surface area contributed by atoms with Crippen LogP contribution in [0.4, 0.5) is 0 Å². The van der Waals surface area contributed by atoms with E-state index in [-0.39, 0.29) is 12.6 Å². The summed E-state index contributed by atoms with van der Waals surface area (Å²) in [5.41, 5.74) is 1.43. The molecule has 1 heterocycles. The van der Waals surface area contributed by atoms with Crippen LogP contribution in [0.2, 0.25) is 0 Å². The van der Waals surface area contributed by atoms with E-state index in [2.05, 4.69) is 0 Å². The predicted octanol–water partition coefficient (Wildman–Crippen LogP) is 3.42. The Morgan fingerprint density at radius 1 is 1.04 bits per heavy atom. The summed E-state index contributed by atoms with van der Waals surface area (Å²) in [6.07, 6.45) is 3.81. The Hall–Kier alpha value is -3.15. The van der Waals surface area contributed by atoms with Gasteiger partial charge in [-0.1, -0.05) is 6.08 Å². The number of methoxy groups -OCH3 is 3. The molecule has 2 aromatic rings. The van der Waals surface area contributed by atoms with Gasteiger partial charge in [0.15, 0.2) is 17.3 Å². The van der Waals surface area contributed by atoms with Gasteiger partial charge in [0.2, 0.25) is 18.3 Å². The Balaban J connectivity index is 1.78. The maximum Gasteiger partial charge on any atom is 0.231 e. The Morgan fingerprint density at radius 2 is 1.77 bits per heavy atom. The van der Waals surface area contributed by atoms with Crippen LogP contribution in [0, 0.1) is 0 Å². The number of benzene rings is 2. The molecule has 0 radical (unpaired) electrons. The monoisotopic (exact) mass is 356 g/mol. The third-order valence-electron chi connectivity index (χ3n) is 4.05. The molecule has 0 spiro atoms. The fourth-order valence-corrected chi connectivity index (χ4v) is 2.74. The second-order valence-electron chi connectivity index (χ2n) is 5.54. The minimum absolute atomic E-state index is 0.0840. The van der Waals surface area contributed by atoms with E-state index in [1.54, 1.807) is 51.7 Å². The molecular weight excluding hydrogens is 336 g/mol. The quantitative estimate of drug-likeness (QED) is 0.559. The van der Waals surface area contributed by atoms with E-state index in [0.29, 0.717) is 40.7 Å². The minimum atomic E-state index is -0.0840. The second-order valence-corrected chi connectivity index (χ2v) is 5.54. The van der Waals surface area contributed by atoms with Gasteiger partial charge in [0.1, 0.15) is 5.75 Å². The Bertz CT molecular complexity index is 823. The van der Waals surface area contributed by atoms with Crippen molar-refractivity contribution in [3.8, 4) is 28.7 Å². The summed E-state index contributed by atoms with van der Waals surface area (Å²) in [5.74, 6) is 2.84. The molecule has 1 aliphatic rings. The molecule has 0 atom stereocenters. The van der Waals surface area contributed by atoms with Gasteiger partial charge in [-0.3, -0.25) is 4.79 Å². The van der Waals surface area contributed by atoms with Crippen molar-refractivity contribution in [2.75, 3.05) is 28.1 Å². The molecule has 0 saturated heterocycles. The Labute approximate surface area is 151 Å². The zero-order valence-corrected chi connectivity index (χ0v) is 14.9. The highest BCUT2D eigenvalue weighted by Gasteiger charge is 2.26. The van der Waals surface area contributed by atoms with Crippen molar-refractivity contribution in [1.82, 2.24) is 0 Å². The topological polar surface area (TPSA) is 63.2 Å². The summed E-state index contributed by atoms with van der Waals surface area (Å²) in [5, 5.41) is 0. The number of rotatable bonds is 7. The van der Waals surface area contributed by atoms with Crippen molar-refractivity contribution in [2.24, 2.45) is 0 Å². The van der Waals surface area contributed by atoms with E-state index in [0.717, 1.165) is 5.56 Å². The summed E-state index contributed by atoms with van der Waals surface area (Å²) >= 11 is 0. The van der Waals surface area contributed by atoms with Gasteiger partial charge in [0.05, 0.1) is 21.3 Å².